The summed E-state index contributed by atoms with van der Waals surface area (Å²) in [5.41, 5.74) is 14.1. The van der Waals surface area contributed by atoms with Crippen molar-refractivity contribution in [2.45, 2.75) is 0 Å². The summed E-state index contributed by atoms with van der Waals surface area (Å²) in [5, 5.41) is 0.869. The monoisotopic (exact) mass is 303 g/mol. The van der Waals surface area contributed by atoms with Gasteiger partial charge in [0.15, 0.2) is 5.11 Å². The fraction of sp³-hybridized carbons (Fsp3) is 0. The van der Waals surface area contributed by atoms with Crippen LogP contribution < -0.4 is 16.6 Å². The van der Waals surface area contributed by atoms with Crippen LogP contribution in [0.3, 0.4) is 0 Å². The van der Waals surface area contributed by atoms with E-state index in [1.807, 2.05) is 60.7 Å². The molecule has 1 aliphatic carbocycles. The van der Waals surface area contributed by atoms with Crippen molar-refractivity contribution < 1.29 is 0 Å². The second kappa shape index (κ2) is 6.93. The number of nitrogens with one attached hydrogen (secondary N) is 2. The van der Waals surface area contributed by atoms with Gasteiger partial charge in [-0.25, -0.2) is 0 Å². The average molecular weight is 304 g/mol. The van der Waals surface area contributed by atoms with Crippen LogP contribution >= 0.6 is 23.8 Å². The van der Waals surface area contributed by atoms with Crippen molar-refractivity contribution >= 4 is 34.6 Å². The fourth-order valence-electron chi connectivity index (χ4n) is 1.65. The van der Waals surface area contributed by atoms with Crippen LogP contribution in [0.15, 0.2) is 66.3 Å². The summed E-state index contributed by atoms with van der Waals surface area (Å²) >= 11 is 10.7. The molecular weight excluding hydrogens is 290 g/mol. The number of benzene rings is 1. The molecule has 0 saturated carbocycles. The third kappa shape index (κ3) is 4.26. The zero-order valence-corrected chi connectivity index (χ0v) is 12.2. The number of hydrazine groups is 1. The van der Waals surface area contributed by atoms with Crippen LogP contribution in [0, 0.1) is 0 Å². The minimum Gasteiger partial charge on any atom is -0.375 e. The molecule has 1 aromatic rings. The molecule has 4 N–H and O–H groups in total. The quantitative estimate of drug-likeness (QED) is 0.591. The van der Waals surface area contributed by atoms with Gasteiger partial charge in [-0.05, 0) is 41.6 Å². The maximum Gasteiger partial charge on any atom is 0.182 e. The van der Waals surface area contributed by atoms with Gasteiger partial charge in [-0.3, -0.25) is 10.9 Å². The first kappa shape index (κ1) is 14.4. The van der Waals surface area contributed by atoms with E-state index in [1.165, 1.54) is 0 Å². The van der Waals surface area contributed by atoms with E-state index in [0.29, 0.717) is 5.02 Å². The number of halogens is 1. The Morgan fingerprint density at radius 3 is 2.35 bits per heavy atom. The Labute approximate surface area is 128 Å². The van der Waals surface area contributed by atoms with Crippen LogP contribution in [-0.2, 0) is 0 Å². The summed E-state index contributed by atoms with van der Waals surface area (Å²) in [7, 11) is 0. The highest BCUT2D eigenvalue weighted by atomic mass is 35.5. The molecule has 0 aliphatic heterocycles. The third-order valence-electron chi connectivity index (χ3n) is 2.61. The standard InChI is InChI=1S/C15H14ClN3S/c16-13-8-6-12(7-9-13)14(18-19-15(17)20)10-5-11-3-1-2-4-11/h1-10,18H,(H3,17,19,20)/b14-10-. The Morgan fingerprint density at radius 2 is 1.75 bits per heavy atom. The van der Waals surface area contributed by atoms with Gasteiger partial charge in [0, 0.05) is 5.02 Å². The molecule has 20 heavy (non-hydrogen) atoms. The molecule has 5 heteroatoms. The SMILES string of the molecule is NC(=S)NN/C(=C\C=C1C=CC=C1)c1ccc(Cl)cc1. The van der Waals surface area contributed by atoms with Crippen molar-refractivity contribution in [2.75, 3.05) is 0 Å². The van der Waals surface area contributed by atoms with E-state index < -0.39 is 0 Å². The largest absolute Gasteiger partial charge is 0.375 e. The second-order valence-corrected chi connectivity index (χ2v) is 4.96. The van der Waals surface area contributed by atoms with Gasteiger partial charge in [-0.2, -0.15) is 0 Å². The van der Waals surface area contributed by atoms with Crippen molar-refractivity contribution in [1.29, 1.82) is 0 Å². The summed E-state index contributed by atoms with van der Waals surface area (Å²) in [6.45, 7) is 0. The molecule has 0 atom stereocenters. The topological polar surface area (TPSA) is 50.1 Å². The smallest absolute Gasteiger partial charge is 0.182 e. The summed E-state index contributed by atoms with van der Waals surface area (Å²) in [4.78, 5) is 0. The molecule has 1 aromatic carbocycles. The van der Waals surface area contributed by atoms with Crippen LogP contribution in [0.5, 0.6) is 0 Å². The fourth-order valence-corrected chi connectivity index (χ4v) is 1.83. The van der Waals surface area contributed by atoms with Crippen molar-refractivity contribution in [3.63, 3.8) is 0 Å². The molecule has 102 valence electrons. The Hall–Kier alpha value is -2.04. The average Bonchev–Trinajstić information content (AvgIpc) is 2.93. The lowest BCUT2D eigenvalue weighted by Crippen LogP contribution is -2.39. The molecule has 1 aliphatic rings. The third-order valence-corrected chi connectivity index (χ3v) is 2.96. The number of nitrogens with two attached hydrogens (primary N) is 1. The molecule has 0 fully saturated rings. The highest BCUT2D eigenvalue weighted by Gasteiger charge is 2.01. The maximum atomic E-state index is 5.90. The second-order valence-electron chi connectivity index (χ2n) is 4.09. The maximum absolute atomic E-state index is 5.90. The first-order chi connectivity index (χ1) is 9.65. The van der Waals surface area contributed by atoms with Crippen molar-refractivity contribution in [1.82, 2.24) is 10.9 Å². The Bertz CT molecular complexity index is 599. The summed E-state index contributed by atoms with van der Waals surface area (Å²) in [6.07, 6.45) is 12.0. The van der Waals surface area contributed by atoms with Gasteiger partial charge in [0.2, 0.25) is 0 Å². The molecule has 0 spiro atoms. The molecule has 0 aromatic heterocycles. The van der Waals surface area contributed by atoms with E-state index >= 15 is 0 Å². The molecule has 2 rings (SSSR count). The zero-order valence-electron chi connectivity index (χ0n) is 10.6. The zero-order chi connectivity index (χ0) is 14.4. The normalized spacial score (nSPS) is 13.4. The van der Waals surface area contributed by atoms with E-state index in [0.717, 1.165) is 16.8 Å². The van der Waals surface area contributed by atoms with Gasteiger partial charge in [0.1, 0.15) is 0 Å². The van der Waals surface area contributed by atoms with E-state index in [-0.39, 0.29) is 5.11 Å². The highest BCUT2D eigenvalue weighted by Crippen LogP contribution is 2.16. The van der Waals surface area contributed by atoms with Crippen molar-refractivity contribution in [2.24, 2.45) is 5.73 Å². The molecule has 3 nitrogen and oxygen atoms in total. The Kier molecular flexibility index (Phi) is 4.98. The summed E-state index contributed by atoms with van der Waals surface area (Å²) in [6, 6.07) is 7.49. The van der Waals surface area contributed by atoms with Gasteiger partial charge >= 0.3 is 0 Å². The van der Waals surface area contributed by atoms with Crippen LogP contribution in [0.25, 0.3) is 5.70 Å². The lowest BCUT2D eigenvalue weighted by atomic mass is 10.1. The predicted octanol–water partition coefficient (Wildman–Crippen LogP) is 3.07. The lowest BCUT2D eigenvalue weighted by molar-refractivity contribution is 0.844. The highest BCUT2D eigenvalue weighted by molar-refractivity contribution is 7.80. The molecule has 0 unspecified atom stereocenters. The van der Waals surface area contributed by atoms with Gasteiger partial charge in [0.05, 0.1) is 5.70 Å². The van der Waals surface area contributed by atoms with Gasteiger partial charge in [0.25, 0.3) is 0 Å². The summed E-state index contributed by atoms with van der Waals surface area (Å²) in [5.74, 6) is 0. The summed E-state index contributed by atoms with van der Waals surface area (Å²) < 4.78 is 0. The number of hydrogen-bond acceptors (Lipinski definition) is 2. The molecule has 0 heterocycles. The van der Waals surface area contributed by atoms with Crippen LogP contribution in [0.2, 0.25) is 5.02 Å². The molecule has 0 saturated heterocycles. The molecule has 0 amide bonds. The van der Waals surface area contributed by atoms with E-state index in [9.17, 15) is 0 Å². The van der Waals surface area contributed by atoms with E-state index in [1.54, 1.807) is 0 Å². The van der Waals surface area contributed by atoms with Crippen LogP contribution in [0.4, 0.5) is 0 Å². The first-order valence-electron chi connectivity index (χ1n) is 5.99. The van der Waals surface area contributed by atoms with Crippen LogP contribution in [-0.4, -0.2) is 5.11 Å². The van der Waals surface area contributed by atoms with Crippen molar-refractivity contribution in [3.05, 3.63) is 76.9 Å². The Balaban J connectivity index is 2.23. The van der Waals surface area contributed by atoms with Gasteiger partial charge in [-0.1, -0.05) is 54.1 Å². The number of hydrogen-bond donors (Lipinski definition) is 3. The van der Waals surface area contributed by atoms with Gasteiger partial charge < -0.3 is 5.73 Å². The first-order valence-corrected chi connectivity index (χ1v) is 6.78. The predicted molar refractivity (Wildman–Crippen MR) is 88.8 cm³/mol. The molecular formula is C15H14ClN3S. The minimum atomic E-state index is 0.179. The van der Waals surface area contributed by atoms with Crippen molar-refractivity contribution in [3.8, 4) is 0 Å². The minimum absolute atomic E-state index is 0.179. The molecule has 0 radical (unpaired) electrons. The van der Waals surface area contributed by atoms with Gasteiger partial charge in [-0.15, -0.1) is 0 Å². The molecule has 0 bridgehead atoms. The number of allylic oxidation sites excluding steroid dienone is 7. The number of rotatable bonds is 4. The Morgan fingerprint density at radius 1 is 1.10 bits per heavy atom. The van der Waals surface area contributed by atoms with E-state index in [2.05, 4.69) is 10.9 Å². The lowest BCUT2D eigenvalue weighted by Gasteiger charge is -2.12. The van der Waals surface area contributed by atoms with E-state index in [4.69, 9.17) is 29.6 Å². The van der Waals surface area contributed by atoms with Crippen LogP contribution in [0.1, 0.15) is 5.56 Å². The number of thiocarbonyl (C=S) groups is 1.